The van der Waals surface area contributed by atoms with Crippen molar-refractivity contribution >= 4 is 11.0 Å². The monoisotopic (exact) mass is 330 g/mol. The lowest BCUT2D eigenvalue weighted by Crippen LogP contribution is -2.03. The molecule has 0 saturated heterocycles. The van der Waals surface area contributed by atoms with E-state index in [1.165, 1.54) is 14.2 Å². The number of aromatic hydroxyl groups is 3. The molecule has 3 rings (SSSR count). The average molecular weight is 330 g/mol. The Kier molecular flexibility index (Phi) is 3.69. The van der Waals surface area contributed by atoms with Gasteiger partial charge in [-0.05, 0) is 24.3 Å². The molecule has 7 nitrogen and oxygen atoms in total. The SMILES string of the molecule is COc1ccc(-c2oc3c(O)c(OC)cc(O)c3c(=O)c2O)cc1. The van der Waals surface area contributed by atoms with Crippen LogP contribution in [0.2, 0.25) is 0 Å². The van der Waals surface area contributed by atoms with E-state index in [-0.39, 0.29) is 22.5 Å². The minimum absolute atomic E-state index is 0.0606. The highest BCUT2D eigenvalue weighted by atomic mass is 16.5. The average Bonchev–Trinajstić information content (AvgIpc) is 2.60. The molecule has 0 spiro atoms. The third kappa shape index (κ3) is 2.26. The van der Waals surface area contributed by atoms with E-state index >= 15 is 0 Å². The summed E-state index contributed by atoms with van der Waals surface area (Å²) >= 11 is 0. The summed E-state index contributed by atoms with van der Waals surface area (Å²) in [5, 5.41) is 30.0. The molecule has 0 radical (unpaired) electrons. The van der Waals surface area contributed by atoms with E-state index in [0.29, 0.717) is 11.3 Å². The zero-order valence-electron chi connectivity index (χ0n) is 12.9. The lowest BCUT2D eigenvalue weighted by molar-refractivity contribution is 0.366. The Bertz CT molecular complexity index is 971. The molecule has 0 bridgehead atoms. The van der Waals surface area contributed by atoms with Gasteiger partial charge < -0.3 is 29.2 Å². The predicted molar refractivity (Wildman–Crippen MR) is 86.0 cm³/mol. The Hall–Kier alpha value is -3.35. The van der Waals surface area contributed by atoms with Crippen molar-refractivity contribution in [1.29, 1.82) is 0 Å². The van der Waals surface area contributed by atoms with Crippen LogP contribution in [0.4, 0.5) is 0 Å². The molecule has 0 amide bonds. The fraction of sp³-hybridized carbons (Fsp3) is 0.118. The van der Waals surface area contributed by atoms with E-state index in [4.69, 9.17) is 13.9 Å². The molecule has 0 aliphatic rings. The van der Waals surface area contributed by atoms with Gasteiger partial charge in [0.15, 0.2) is 17.1 Å². The Morgan fingerprint density at radius 2 is 1.62 bits per heavy atom. The van der Waals surface area contributed by atoms with Gasteiger partial charge in [-0.3, -0.25) is 4.79 Å². The van der Waals surface area contributed by atoms with E-state index in [2.05, 4.69) is 0 Å². The molecule has 3 N–H and O–H groups in total. The summed E-state index contributed by atoms with van der Waals surface area (Å²) in [6, 6.07) is 7.49. The van der Waals surface area contributed by atoms with Crippen LogP contribution in [-0.4, -0.2) is 29.5 Å². The first-order valence-electron chi connectivity index (χ1n) is 6.91. The molecule has 0 unspecified atom stereocenters. The van der Waals surface area contributed by atoms with E-state index in [1.807, 2.05) is 0 Å². The summed E-state index contributed by atoms with van der Waals surface area (Å²) < 4.78 is 15.5. The lowest BCUT2D eigenvalue weighted by Gasteiger charge is -2.11. The highest BCUT2D eigenvalue weighted by Crippen LogP contribution is 2.42. The Labute approximate surface area is 135 Å². The normalized spacial score (nSPS) is 10.8. The molecular weight excluding hydrogens is 316 g/mol. The number of fused-ring (bicyclic) bond motifs is 1. The largest absolute Gasteiger partial charge is 0.507 e. The summed E-state index contributed by atoms with van der Waals surface area (Å²) in [6.45, 7) is 0. The second kappa shape index (κ2) is 5.69. The van der Waals surface area contributed by atoms with Crippen LogP contribution in [0.3, 0.4) is 0 Å². The fourth-order valence-electron chi connectivity index (χ4n) is 2.40. The quantitative estimate of drug-likeness (QED) is 0.633. The standard InChI is InChI=1S/C17H14O7/c1-22-9-5-3-8(4-6-9)16-15(21)14(20)12-10(18)7-11(23-2)13(19)17(12)24-16/h3-7,18-19,21H,1-2H3. The predicted octanol–water partition coefficient (Wildman–Crippen LogP) is 2.59. The van der Waals surface area contributed by atoms with Crippen LogP contribution >= 0.6 is 0 Å². The fourth-order valence-corrected chi connectivity index (χ4v) is 2.40. The van der Waals surface area contributed by atoms with Crippen molar-refractivity contribution in [3.63, 3.8) is 0 Å². The zero-order valence-corrected chi connectivity index (χ0v) is 12.9. The van der Waals surface area contributed by atoms with Crippen LogP contribution in [-0.2, 0) is 0 Å². The van der Waals surface area contributed by atoms with E-state index in [1.54, 1.807) is 24.3 Å². The third-order valence-electron chi connectivity index (χ3n) is 3.63. The van der Waals surface area contributed by atoms with Crippen LogP contribution in [0.25, 0.3) is 22.3 Å². The van der Waals surface area contributed by atoms with Crippen molar-refractivity contribution in [2.45, 2.75) is 0 Å². The zero-order chi connectivity index (χ0) is 17.4. The van der Waals surface area contributed by atoms with Crippen molar-refractivity contribution in [3.05, 3.63) is 40.6 Å². The molecule has 2 aromatic carbocycles. The molecule has 0 saturated carbocycles. The van der Waals surface area contributed by atoms with Crippen molar-refractivity contribution in [2.75, 3.05) is 14.2 Å². The molecule has 0 aliphatic heterocycles. The molecule has 1 aromatic heterocycles. The summed E-state index contributed by atoms with van der Waals surface area (Å²) in [5.74, 6) is -1.20. The number of rotatable bonds is 3. The second-order valence-corrected chi connectivity index (χ2v) is 4.99. The van der Waals surface area contributed by atoms with Crippen LogP contribution in [0.5, 0.6) is 28.7 Å². The molecule has 0 atom stereocenters. The lowest BCUT2D eigenvalue weighted by atomic mass is 10.1. The number of benzene rings is 2. The number of phenolic OH excluding ortho intramolecular Hbond substituents is 2. The minimum Gasteiger partial charge on any atom is -0.507 e. The minimum atomic E-state index is -0.863. The van der Waals surface area contributed by atoms with E-state index in [9.17, 15) is 20.1 Å². The van der Waals surface area contributed by atoms with Gasteiger partial charge in [-0.2, -0.15) is 0 Å². The molecule has 24 heavy (non-hydrogen) atoms. The topological polar surface area (TPSA) is 109 Å². The van der Waals surface area contributed by atoms with Crippen molar-refractivity contribution in [3.8, 4) is 40.1 Å². The van der Waals surface area contributed by atoms with Gasteiger partial charge in [0, 0.05) is 11.6 Å². The first-order valence-corrected chi connectivity index (χ1v) is 6.91. The number of ether oxygens (including phenoxy) is 2. The molecule has 124 valence electrons. The van der Waals surface area contributed by atoms with Gasteiger partial charge in [0.05, 0.1) is 14.2 Å². The first-order chi connectivity index (χ1) is 11.5. The van der Waals surface area contributed by atoms with E-state index in [0.717, 1.165) is 6.07 Å². The maximum atomic E-state index is 12.4. The Morgan fingerprint density at radius 3 is 2.21 bits per heavy atom. The second-order valence-electron chi connectivity index (χ2n) is 4.99. The van der Waals surface area contributed by atoms with Gasteiger partial charge in [-0.15, -0.1) is 0 Å². The molecule has 7 heteroatoms. The van der Waals surface area contributed by atoms with Gasteiger partial charge in [-0.25, -0.2) is 0 Å². The van der Waals surface area contributed by atoms with Crippen LogP contribution in [0, 0.1) is 0 Å². The molecule has 1 heterocycles. The van der Waals surface area contributed by atoms with Crippen molar-refractivity contribution in [1.82, 2.24) is 0 Å². The summed E-state index contributed by atoms with van der Waals surface area (Å²) in [4.78, 5) is 12.4. The van der Waals surface area contributed by atoms with Crippen molar-refractivity contribution in [2.24, 2.45) is 0 Å². The van der Waals surface area contributed by atoms with Crippen LogP contribution < -0.4 is 14.9 Å². The molecular formula is C17H14O7. The molecule has 3 aromatic rings. The van der Waals surface area contributed by atoms with Gasteiger partial charge in [-0.1, -0.05) is 0 Å². The highest BCUT2D eigenvalue weighted by Gasteiger charge is 2.22. The number of hydrogen-bond acceptors (Lipinski definition) is 7. The molecule has 0 aliphatic carbocycles. The van der Waals surface area contributed by atoms with Crippen molar-refractivity contribution < 1.29 is 29.2 Å². The van der Waals surface area contributed by atoms with Gasteiger partial charge in [0.25, 0.3) is 0 Å². The number of phenols is 2. The van der Waals surface area contributed by atoms with Crippen LogP contribution in [0.1, 0.15) is 0 Å². The number of methoxy groups -OCH3 is 2. The molecule has 0 fully saturated rings. The van der Waals surface area contributed by atoms with Gasteiger partial charge in [0.1, 0.15) is 16.9 Å². The maximum absolute atomic E-state index is 12.4. The summed E-state index contributed by atoms with van der Waals surface area (Å²) in [7, 11) is 2.80. The van der Waals surface area contributed by atoms with Crippen LogP contribution in [0.15, 0.2) is 39.5 Å². The van der Waals surface area contributed by atoms with Gasteiger partial charge >= 0.3 is 0 Å². The summed E-state index contributed by atoms with van der Waals surface area (Å²) in [6.07, 6.45) is 0. The first kappa shape index (κ1) is 15.5. The highest BCUT2D eigenvalue weighted by molar-refractivity contribution is 5.92. The third-order valence-corrected chi connectivity index (χ3v) is 3.63. The maximum Gasteiger partial charge on any atom is 0.238 e. The Balaban J connectivity index is 2.35. The smallest absolute Gasteiger partial charge is 0.238 e. The van der Waals surface area contributed by atoms with E-state index < -0.39 is 22.7 Å². The Morgan fingerprint density at radius 1 is 0.958 bits per heavy atom. The summed E-state index contributed by atoms with van der Waals surface area (Å²) in [5.41, 5.74) is -0.744. The number of hydrogen-bond donors (Lipinski definition) is 3. The van der Waals surface area contributed by atoms with Gasteiger partial charge in [0.2, 0.25) is 16.9 Å².